The van der Waals surface area contributed by atoms with E-state index in [1.54, 1.807) is 0 Å². The molecular formula is C6H17AlO2P+. The first kappa shape index (κ1) is 13.2. The molecule has 0 saturated carbocycles. The summed E-state index contributed by atoms with van der Waals surface area (Å²) in [7, 11) is -1.34. The summed E-state index contributed by atoms with van der Waals surface area (Å²) in [6.07, 6.45) is 2.60. The minimum atomic E-state index is -1.34. The molecule has 0 aliphatic carbocycles. The largest absolute Gasteiger partial charge is 0.508 e. The zero-order chi connectivity index (χ0) is 7.11. The van der Waals surface area contributed by atoms with E-state index < -0.39 is 8.03 Å². The fraction of sp³-hybridized carbons (Fsp3) is 1.00. The molecule has 10 heavy (non-hydrogen) atoms. The fourth-order valence-electron chi connectivity index (χ4n) is 0.440. The van der Waals surface area contributed by atoms with Crippen molar-refractivity contribution in [2.45, 2.75) is 26.7 Å². The second-order valence-corrected chi connectivity index (χ2v) is 3.26. The van der Waals surface area contributed by atoms with Gasteiger partial charge in [-0.2, -0.15) is 0 Å². The van der Waals surface area contributed by atoms with Crippen LogP contribution in [0.4, 0.5) is 0 Å². The minimum Gasteiger partial charge on any atom is -0.146 e. The summed E-state index contributed by atoms with van der Waals surface area (Å²) >= 11 is 0. The third-order valence-electron chi connectivity index (χ3n) is 0.846. The Morgan fingerprint density at radius 3 is 2.30 bits per heavy atom. The van der Waals surface area contributed by atoms with Crippen molar-refractivity contribution in [3.05, 3.63) is 0 Å². The van der Waals surface area contributed by atoms with Crippen molar-refractivity contribution in [3.8, 4) is 0 Å². The fourth-order valence-corrected chi connectivity index (χ4v) is 1.32. The summed E-state index contributed by atoms with van der Waals surface area (Å²) in [4.78, 5) is 0. The van der Waals surface area contributed by atoms with Gasteiger partial charge in [-0.05, 0) is 17.4 Å². The van der Waals surface area contributed by atoms with E-state index in [1.807, 2.05) is 13.8 Å². The monoisotopic (exact) mass is 179 g/mol. The van der Waals surface area contributed by atoms with Crippen LogP contribution in [0.5, 0.6) is 0 Å². The van der Waals surface area contributed by atoms with Crippen LogP contribution in [0.2, 0.25) is 0 Å². The van der Waals surface area contributed by atoms with Gasteiger partial charge in [0.15, 0.2) is 23.5 Å². The molecule has 0 spiro atoms. The van der Waals surface area contributed by atoms with Crippen molar-refractivity contribution in [2.24, 2.45) is 0 Å². The molecule has 0 radical (unpaired) electrons. The van der Waals surface area contributed by atoms with Crippen molar-refractivity contribution in [1.29, 1.82) is 0 Å². The second kappa shape index (κ2) is 9.59. The first-order valence-electron chi connectivity index (χ1n) is 3.38. The van der Waals surface area contributed by atoms with Gasteiger partial charge >= 0.3 is 8.03 Å². The average molecular weight is 179 g/mol. The van der Waals surface area contributed by atoms with E-state index in [2.05, 4.69) is 0 Å². The standard InChI is InChI=1S/C6H14O2P.Al.3H/c1-3-5-8-9(7)6-4-2;;;;/h3-6H2,1-2H3;;;;/q+1;;;;. The van der Waals surface area contributed by atoms with E-state index >= 15 is 0 Å². The Morgan fingerprint density at radius 2 is 1.90 bits per heavy atom. The summed E-state index contributed by atoms with van der Waals surface area (Å²) < 4.78 is 15.7. The molecule has 0 aromatic carbocycles. The van der Waals surface area contributed by atoms with Crippen molar-refractivity contribution in [2.75, 3.05) is 12.8 Å². The van der Waals surface area contributed by atoms with E-state index in [1.165, 1.54) is 0 Å². The van der Waals surface area contributed by atoms with Crippen molar-refractivity contribution in [3.63, 3.8) is 0 Å². The van der Waals surface area contributed by atoms with Gasteiger partial charge in [-0.3, -0.25) is 0 Å². The molecule has 0 aliphatic heterocycles. The Balaban J connectivity index is 0. The molecule has 0 aliphatic rings. The highest BCUT2D eigenvalue weighted by atomic mass is 31.1. The zero-order valence-corrected chi connectivity index (χ0v) is 6.99. The first-order chi connectivity index (χ1) is 4.31. The SMILES string of the molecule is CCCO[P+](=O)CCC.[AlH3]. The van der Waals surface area contributed by atoms with Crippen LogP contribution in [-0.4, -0.2) is 30.1 Å². The van der Waals surface area contributed by atoms with Gasteiger partial charge in [0.1, 0.15) is 6.61 Å². The smallest absolute Gasteiger partial charge is 0.146 e. The molecule has 0 saturated heterocycles. The molecule has 0 heterocycles. The van der Waals surface area contributed by atoms with Gasteiger partial charge in [0.05, 0.1) is 0 Å². The van der Waals surface area contributed by atoms with Crippen molar-refractivity contribution >= 4 is 25.4 Å². The lowest BCUT2D eigenvalue weighted by Crippen LogP contribution is -1.84. The summed E-state index contributed by atoms with van der Waals surface area (Å²) in [5.41, 5.74) is 0. The lowest BCUT2D eigenvalue weighted by molar-refractivity contribution is 0.328. The lowest BCUT2D eigenvalue weighted by Gasteiger charge is -1.83. The number of rotatable bonds is 5. The van der Waals surface area contributed by atoms with Crippen LogP contribution in [-0.2, 0) is 9.09 Å². The molecule has 60 valence electrons. The molecule has 0 amide bonds. The third kappa shape index (κ3) is 8.59. The Bertz CT molecular complexity index is 87.8. The molecule has 0 aromatic heterocycles. The first-order valence-corrected chi connectivity index (χ1v) is 4.75. The highest BCUT2D eigenvalue weighted by Crippen LogP contribution is 2.22. The molecule has 4 heteroatoms. The number of hydrogen-bond acceptors (Lipinski definition) is 2. The Morgan fingerprint density at radius 1 is 1.30 bits per heavy atom. The van der Waals surface area contributed by atoms with Crippen molar-refractivity contribution < 1.29 is 9.09 Å². The predicted octanol–water partition coefficient (Wildman–Crippen LogP) is 1.38. The molecule has 1 unspecified atom stereocenters. The van der Waals surface area contributed by atoms with Gasteiger partial charge in [0.2, 0.25) is 0 Å². The van der Waals surface area contributed by atoms with E-state index in [0.29, 0.717) is 12.8 Å². The summed E-state index contributed by atoms with van der Waals surface area (Å²) in [6.45, 7) is 4.65. The highest BCUT2D eigenvalue weighted by Gasteiger charge is 2.12. The lowest BCUT2D eigenvalue weighted by atomic mass is 10.5. The molecule has 1 atom stereocenters. The summed E-state index contributed by atoms with van der Waals surface area (Å²) in [5.74, 6) is 0. The Hall–Kier alpha value is 0.592. The molecule has 0 aromatic rings. The summed E-state index contributed by atoms with van der Waals surface area (Å²) in [6, 6.07) is 0. The van der Waals surface area contributed by atoms with E-state index in [9.17, 15) is 4.57 Å². The van der Waals surface area contributed by atoms with Gasteiger partial charge in [0.25, 0.3) is 0 Å². The highest BCUT2D eigenvalue weighted by molar-refractivity contribution is 7.39. The predicted molar refractivity (Wildman–Crippen MR) is 48.9 cm³/mol. The molecule has 0 N–H and O–H groups in total. The zero-order valence-electron chi connectivity index (χ0n) is 6.09. The van der Waals surface area contributed by atoms with Crippen LogP contribution in [0, 0.1) is 0 Å². The maximum Gasteiger partial charge on any atom is 0.508 e. The maximum absolute atomic E-state index is 10.7. The molecular weight excluding hydrogens is 162 g/mol. The molecule has 2 nitrogen and oxygen atoms in total. The normalized spacial score (nSPS) is 10.4. The maximum atomic E-state index is 10.7. The van der Waals surface area contributed by atoms with Crippen LogP contribution < -0.4 is 0 Å². The third-order valence-corrected chi connectivity index (χ3v) is 2.13. The molecule has 0 fully saturated rings. The van der Waals surface area contributed by atoms with Crippen LogP contribution >= 0.6 is 8.03 Å². The molecule has 0 bridgehead atoms. The topological polar surface area (TPSA) is 26.3 Å². The Labute approximate surface area is 74.3 Å². The van der Waals surface area contributed by atoms with Crippen LogP contribution in [0.15, 0.2) is 0 Å². The van der Waals surface area contributed by atoms with E-state index in [4.69, 9.17) is 4.52 Å². The summed E-state index contributed by atoms with van der Waals surface area (Å²) in [5, 5.41) is 0. The van der Waals surface area contributed by atoms with Gasteiger partial charge in [0, 0.05) is 0 Å². The van der Waals surface area contributed by atoms with Gasteiger partial charge in [-0.1, -0.05) is 13.8 Å². The molecule has 0 rings (SSSR count). The van der Waals surface area contributed by atoms with Gasteiger partial charge in [-0.15, -0.1) is 4.52 Å². The van der Waals surface area contributed by atoms with E-state index in [0.717, 1.165) is 12.8 Å². The van der Waals surface area contributed by atoms with Crippen LogP contribution in [0.25, 0.3) is 0 Å². The number of hydrogen-bond donors (Lipinski definition) is 0. The minimum absolute atomic E-state index is 0. The van der Waals surface area contributed by atoms with Crippen LogP contribution in [0.1, 0.15) is 26.7 Å². The van der Waals surface area contributed by atoms with Gasteiger partial charge in [-0.25, -0.2) is 0 Å². The average Bonchev–Trinajstić information content (AvgIpc) is 1.85. The van der Waals surface area contributed by atoms with E-state index in [-0.39, 0.29) is 17.4 Å². The van der Waals surface area contributed by atoms with Crippen LogP contribution in [0.3, 0.4) is 0 Å². The van der Waals surface area contributed by atoms with Gasteiger partial charge < -0.3 is 0 Å². The quantitative estimate of drug-likeness (QED) is 0.470. The second-order valence-electron chi connectivity index (χ2n) is 1.89. The Kier molecular flexibility index (Phi) is 12.7. The van der Waals surface area contributed by atoms with Crippen molar-refractivity contribution in [1.82, 2.24) is 0 Å².